The molecule has 92 valence electrons. The number of hydrogen-bond donors (Lipinski definition) is 0. The van der Waals surface area contributed by atoms with Crippen molar-refractivity contribution in [3.63, 3.8) is 0 Å². The zero-order chi connectivity index (χ0) is 12.7. The number of halogens is 3. The zero-order valence-electron chi connectivity index (χ0n) is 9.20. The van der Waals surface area contributed by atoms with Gasteiger partial charge in [-0.15, -0.1) is 0 Å². The van der Waals surface area contributed by atoms with E-state index in [1.807, 2.05) is 0 Å². The van der Waals surface area contributed by atoms with E-state index in [4.69, 9.17) is 11.6 Å². The van der Waals surface area contributed by atoms with Gasteiger partial charge in [0.05, 0.1) is 5.69 Å². The van der Waals surface area contributed by atoms with E-state index < -0.39 is 11.6 Å². The third-order valence-corrected chi connectivity index (χ3v) is 3.24. The van der Waals surface area contributed by atoms with E-state index in [1.165, 1.54) is 18.5 Å². The molecule has 0 saturated heterocycles. The molecule has 1 aliphatic rings. The Labute approximate surface area is 107 Å². The van der Waals surface area contributed by atoms with Crippen LogP contribution in [-0.4, -0.2) is 16.5 Å². The number of hydrogen-bond acceptors (Lipinski definition) is 3. The maximum atomic E-state index is 13.7. The summed E-state index contributed by atoms with van der Waals surface area (Å²) in [5.74, 6) is -0.630. The van der Waals surface area contributed by atoms with Crippen molar-refractivity contribution >= 4 is 23.1 Å². The third-order valence-electron chi connectivity index (χ3n) is 2.91. The van der Waals surface area contributed by atoms with Crippen molar-refractivity contribution in [1.82, 2.24) is 9.97 Å². The molecule has 6 heteroatoms. The number of nitrogens with zero attached hydrogens (tertiary/aromatic N) is 3. The average Bonchev–Trinajstić information content (AvgIpc) is 2.74. The van der Waals surface area contributed by atoms with Gasteiger partial charge < -0.3 is 4.90 Å². The normalized spacial score (nSPS) is 13.8. The van der Waals surface area contributed by atoms with Gasteiger partial charge >= 0.3 is 0 Å². The summed E-state index contributed by atoms with van der Waals surface area (Å²) in [6, 6.07) is 3.48. The molecule has 0 saturated carbocycles. The van der Waals surface area contributed by atoms with Gasteiger partial charge in [-0.3, -0.25) is 0 Å². The number of aromatic nitrogens is 2. The minimum Gasteiger partial charge on any atom is -0.323 e. The Morgan fingerprint density at radius 2 is 2.06 bits per heavy atom. The van der Waals surface area contributed by atoms with Crippen molar-refractivity contribution < 1.29 is 8.78 Å². The number of benzene rings is 1. The maximum Gasteiger partial charge on any atom is 0.149 e. The smallest absolute Gasteiger partial charge is 0.149 e. The lowest BCUT2D eigenvalue weighted by Gasteiger charge is -2.18. The molecule has 0 bridgehead atoms. The lowest BCUT2D eigenvalue weighted by atomic mass is 10.2. The minimum atomic E-state index is -0.613. The Kier molecular flexibility index (Phi) is 2.63. The van der Waals surface area contributed by atoms with Crippen LogP contribution in [0.1, 0.15) is 5.56 Å². The molecule has 0 spiro atoms. The second-order valence-electron chi connectivity index (χ2n) is 3.96. The van der Waals surface area contributed by atoms with Crippen molar-refractivity contribution in [3.8, 4) is 0 Å². The molecule has 0 radical (unpaired) electrons. The topological polar surface area (TPSA) is 29.0 Å². The van der Waals surface area contributed by atoms with Crippen LogP contribution in [0.3, 0.4) is 0 Å². The van der Waals surface area contributed by atoms with Gasteiger partial charge in [-0.25, -0.2) is 18.7 Å². The average molecular weight is 268 g/mol. The summed E-state index contributed by atoms with van der Waals surface area (Å²) in [6.45, 7) is 0.552. The second kappa shape index (κ2) is 4.17. The highest BCUT2D eigenvalue weighted by molar-refractivity contribution is 6.30. The fraction of sp³-hybridized carbons (Fsp3) is 0.167. The molecular weight excluding hydrogens is 260 g/mol. The van der Waals surface area contributed by atoms with Crippen LogP contribution in [0.5, 0.6) is 0 Å². The van der Waals surface area contributed by atoms with Gasteiger partial charge in [0.25, 0.3) is 0 Å². The van der Waals surface area contributed by atoms with Gasteiger partial charge in [-0.05, 0) is 18.6 Å². The predicted octanol–water partition coefficient (Wildman–Crippen LogP) is 3.10. The van der Waals surface area contributed by atoms with E-state index in [2.05, 4.69) is 9.97 Å². The van der Waals surface area contributed by atoms with Crippen LogP contribution in [-0.2, 0) is 6.42 Å². The van der Waals surface area contributed by atoms with Crippen molar-refractivity contribution in [2.24, 2.45) is 0 Å². The summed E-state index contributed by atoms with van der Waals surface area (Å²) >= 11 is 5.96. The molecule has 18 heavy (non-hydrogen) atoms. The second-order valence-corrected chi connectivity index (χ2v) is 4.32. The quantitative estimate of drug-likeness (QED) is 0.744. The third kappa shape index (κ3) is 1.71. The van der Waals surface area contributed by atoms with E-state index in [-0.39, 0.29) is 0 Å². The number of fused-ring (bicyclic) bond motifs is 1. The molecular formula is C12H8ClF2N3. The first-order valence-electron chi connectivity index (χ1n) is 5.39. The summed E-state index contributed by atoms with van der Waals surface area (Å²) in [5.41, 5.74) is 1.09. The summed E-state index contributed by atoms with van der Waals surface area (Å²) < 4.78 is 26.6. The van der Waals surface area contributed by atoms with E-state index >= 15 is 0 Å². The summed E-state index contributed by atoms with van der Waals surface area (Å²) in [7, 11) is 0. The van der Waals surface area contributed by atoms with Gasteiger partial charge in [-0.2, -0.15) is 0 Å². The fourth-order valence-corrected chi connectivity index (χ4v) is 2.32. The molecule has 1 aromatic heterocycles. The molecule has 2 aromatic rings. The molecule has 0 amide bonds. The van der Waals surface area contributed by atoms with Crippen LogP contribution < -0.4 is 4.90 Å². The van der Waals surface area contributed by atoms with E-state index in [1.54, 1.807) is 4.90 Å². The molecule has 0 aliphatic carbocycles. The van der Waals surface area contributed by atoms with E-state index in [0.717, 1.165) is 11.6 Å². The van der Waals surface area contributed by atoms with Gasteiger partial charge in [0, 0.05) is 18.2 Å². The van der Waals surface area contributed by atoms with E-state index in [0.29, 0.717) is 29.6 Å². The van der Waals surface area contributed by atoms with Crippen molar-refractivity contribution in [1.29, 1.82) is 0 Å². The van der Waals surface area contributed by atoms with Crippen LogP contribution in [0.4, 0.5) is 20.3 Å². The molecule has 3 nitrogen and oxygen atoms in total. The van der Waals surface area contributed by atoms with Crippen molar-refractivity contribution in [2.45, 2.75) is 6.42 Å². The molecule has 1 aromatic carbocycles. The Balaban J connectivity index is 2.09. The van der Waals surface area contributed by atoms with Crippen molar-refractivity contribution in [2.75, 3.05) is 11.4 Å². The molecule has 2 heterocycles. The molecule has 1 aliphatic heterocycles. The van der Waals surface area contributed by atoms with E-state index in [9.17, 15) is 8.78 Å². The summed E-state index contributed by atoms with van der Waals surface area (Å²) in [4.78, 5) is 9.68. The highest BCUT2D eigenvalue weighted by Crippen LogP contribution is 2.36. The van der Waals surface area contributed by atoms with Gasteiger partial charge in [0.1, 0.15) is 28.9 Å². The largest absolute Gasteiger partial charge is 0.323 e. The Morgan fingerprint density at radius 3 is 2.83 bits per heavy atom. The van der Waals surface area contributed by atoms with Crippen LogP contribution in [0, 0.1) is 11.6 Å². The fourth-order valence-electron chi connectivity index (χ4n) is 2.09. The van der Waals surface area contributed by atoms with Crippen LogP contribution in [0.2, 0.25) is 5.15 Å². The maximum absolute atomic E-state index is 13.7. The SMILES string of the molecule is Fc1ccc(N2CCc3c(Cl)ncnc32)c(F)c1. The summed E-state index contributed by atoms with van der Waals surface area (Å²) in [5, 5.41) is 0.380. The molecule has 0 fully saturated rings. The molecule has 3 rings (SSSR count). The van der Waals surface area contributed by atoms with Crippen LogP contribution in [0.15, 0.2) is 24.5 Å². The molecule has 0 unspecified atom stereocenters. The Hall–Kier alpha value is -1.75. The number of anilines is 2. The lowest BCUT2D eigenvalue weighted by molar-refractivity contribution is 0.582. The first-order chi connectivity index (χ1) is 8.66. The minimum absolute atomic E-state index is 0.296. The van der Waals surface area contributed by atoms with Gasteiger partial charge in [-0.1, -0.05) is 11.6 Å². The predicted molar refractivity (Wildman–Crippen MR) is 64.1 cm³/mol. The van der Waals surface area contributed by atoms with Gasteiger partial charge in [0.15, 0.2) is 0 Å². The highest BCUT2D eigenvalue weighted by atomic mass is 35.5. The monoisotopic (exact) mass is 267 g/mol. The Bertz CT molecular complexity index is 618. The van der Waals surface area contributed by atoms with Crippen LogP contribution in [0.25, 0.3) is 0 Å². The highest BCUT2D eigenvalue weighted by Gasteiger charge is 2.26. The molecule has 0 N–H and O–H groups in total. The lowest BCUT2D eigenvalue weighted by Crippen LogP contribution is -2.15. The molecule has 0 atom stereocenters. The Morgan fingerprint density at radius 1 is 1.22 bits per heavy atom. The van der Waals surface area contributed by atoms with Crippen molar-refractivity contribution in [3.05, 3.63) is 46.9 Å². The standard InChI is InChI=1S/C12H8ClF2N3/c13-11-8-3-4-18(12(8)17-6-16-11)10-2-1-7(14)5-9(10)15/h1-2,5-6H,3-4H2. The van der Waals surface area contributed by atoms with Gasteiger partial charge in [0.2, 0.25) is 0 Å². The number of rotatable bonds is 1. The van der Waals surface area contributed by atoms with Crippen LogP contribution >= 0.6 is 11.6 Å². The zero-order valence-corrected chi connectivity index (χ0v) is 9.96. The first kappa shape index (κ1) is 11.3. The first-order valence-corrected chi connectivity index (χ1v) is 5.76. The summed E-state index contributed by atoms with van der Waals surface area (Å²) in [6.07, 6.45) is 1.98.